The fourth-order valence-electron chi connectivity index (χ4n) is 1.17. The number of carbonyl (C=O) groups is 1. The number of esters is 1. The van der Waals surface area contributed by atoms with Gasteiger partial charge in [-0.15, -0.1) is 0 Å². The van der Waals surface area contributed by atoms with E-state index in [1.807, 2.05) is 0 Å². The Kier molecular flexibility index (Phi) is 3.63. The van der Waals surface area contributed by atoms with Crippen LogP contribution >= 0.6 is 0 Å². The van der Waals surface area contributed by atoms with Crippen molar-refractivity contribution in [3.8, 4) is 0 Å². The average Bonchev–Trinajstić information content (AvgIpc) is 2.27. The summed E-state index contributed by atoms with van der Waals surface area (Å²) < 4.78 is 4.64. The first-order chi connectivity index (χ1) is 6.69. The maximum absolute atomic E-state index is 11.2. The van der Waals surface area contributed by atoms with Crippen molar-refractivity contribution >= 4 is 5.97 Å². The molecule has 0 amide bonds. The van der Waals surface area contributed by atoms with Crippen molar-refractivity contribution in [2.75, 3.05) is 7.11 Å². The van der Waals surface area contributed by atoms with Gasteiger partial charge in [0, 0.05) is 11.9 Å². The summed E-state index contributed by atoms with van der Waals surface area (Å²) in [5.74, 6) is 0.0663. The molecular weight excluding hydrogens is 178 g/mol. The van der Waals surface area contributed by atoms with Crippen molar-refractivity contribution in [1.29, 1.82) is 0 Å². The van der Waals surface area contributed by atoms with Gasteiger partial charge in [-0.1, -0.05) is 13.8 Å². The third-order valence-corrected chi connectivity index (χ3v) is 2.32. The Morgan fingerprint density at radius 1 is 1.64 bits per heavy atom. The molecule has 0 bridgehead atoms. The van der Waals surface area contributed by atoms with Crippen LogP contribution in [0.15, 0.2) is 18.3 Å². The third kappa shape index (κ3) is 2.31. The number of hydrogen-bond acceptors (Lipinski definition) is 3. The summed E-state index contributed by atoms with van der Waals surface area (Å²) in [4.78, 5) is 15.4. The summed E-state index contributed by atoms with van der Waals surface area (Å²) in [7, 11) is 1.38. The van der Waals surface area contributed by atoms with Crippen LogP contribution in [0.4, 0.5) is 0 Å². The molecule has 1 atom stereocenters. The van der Waals surface area contributed by atoms with Gasteiger partial charge in [0.1, 0.15) is 0 Å². The minimum absolute atomic E-state index is 0.308. The van der Waals surface area contributed by atoms with Crippen LogP contribution in [0.3, 0.4) is 0 Å². The molecule has 1 unspecified atom stereocenters. The van der Waals surface area contributed by atoms with Gasteiger partial charge in [0.15, 0.2) is 0 Å². The molecule has 14 heavy (non-hydrogen) atoms. The molecular formula is C11H15NO2. The first-order valence-electron chi connectivity index (χ1n) is 4.73. The topological polar surface area (TPSA) is 39.2 Å². The van der Waals surface area contributed by atoms with Crippen LogP contribution in [0.5, 0.6) is 0 Å². The van der Waals surface area contributed by atoms with E-state index in [1.165, 1.54) is 7.11 Å². The highest BCUT2D eigenvalue weighted by molar-refractivity contribution is 5.89. The molecule has 0 aliphatic heterocycles. The summed E-state index contributed by atoms with van der Waals surface area (Å²) in [6, 6.07) is 3.46. The van der Waals surface area contributed by atoms with E-state index < -0.39 is 0 Å². The number of methoxy groups -OCH3 is 1. The van der Waals surface area contributed by atoms with E-state index in [9.17, 15) is 4.79 Å². The highest BCUT2D eigenvalue weighted by atomic mass is 16.5. The standard InChI is InChI=1S/C11H15NO2/c1-4-8(2)10-7-9(5-6-12-10)11(13)14-3/h5-8H,4H2,1-3H3. The Labute approximate surface area is 84.1 Å². The zero-order chi connectivity index (χ0) is 10.6. The average molecular weight is 193 g/mol. The van der Waals surface area contributed by atoms with Crippen LogP contribution in [0.25, 0.3) is 0 Å². The van der Waals surface area contributed by atoms with Crippen LogP contribution in [0.2, 0.25) is 0 Å². The maximum Gasteiger partial charge on any atom is 0.337 e. The second-order valence-electron chi connectivity index (χ2n) is 3.27. The smallest absolute Gasteiger partial charge is 0.337 e. The van der Waals surface area contributed by atoms with Gasteiger partial charge in [-0.05, 0) is 24.5 Å². The maximum atomic E-state index is 11.2. The van der Waals surface area contributed by atoms with Crippen LogP contribution in [-0.2, 0) is 4.74 Å². The van der Waals surface area contributed by atoms with E-state index in [2.05, 4.69) is 23.6 Å². The lowest BCUT2D eigenvalue weighted by Crippen LogP contribution is -2.04. The molecule has 0 radical (unpaired) electrons. The quantitative estimate of drug-likeness (QED) is 0.692. The zero-order valence-corrected chi connectivity index (χ0v) is 8.78. The largest absolute Gasteiger partial charge is 0.465 e. The van der Waals surface area contributed by atoms with E-state index in [4.69, 9.17) is 0 Å². The lowest BCUT2D eigenvalue weighted by atomic mass is 10.0. The molecule has 0 spiro atoms. The van der Waals surface area contributed by atoms with Crippen LogP contribution in [0.1, 0.15) is 42.2 Å². The molecule has 1 aromatic rings. The van der Waals surface area contributed by atoms with Gasteiger partial charge in [0.2, 0.25) is 0 Å². The second kappa shape index (κ2) is 4.74. The molecule has 0 fully saturated rings. The fraction of sp³-hybridized carbons (Fsp3) is 0.455. The molecule has 1 aromatic heterocycles. The van der Waals surface area contributed by atoms with Gasteiger partial charge in [-0.2, -0.15) is 0 Å². The Hall–Kier alpha value is -1.38. The Morgan fingerprint density at radius 3 is 2.93 bits per heavy atom. The van der Waals surface area contributed by atoms with E-state index in [0.29, 0.717) is 11.5 Å². The lowest BCUT2D eigenvalue weighted by Gasteiger charge is -2.08. The van der Waals surface area contributed by atoms with Crippen molar-refractivity contribution in [3.63, 3.8) is 0 Å². The molecule has 0 aromatic carbocycles. The Morgan fingerprint density at radius 2 is 2.36 bits per heavy atom. The van der Waals surface area contributed by atoms with Gasteiger partial charge in [-0.25, -0.2) is 4.79 Å². The number of carbonyl (C=O) groups excluding carboxylic acids is 1. The number of ether oxygens (including phenoxy) is 1. The number of rotatable bonds is 3. The molecule has 3 heteroatoms. The zero-order valence-electron chi connectivity index (χ0n) is 8.78. The van der Waals surface area contributed by atoms with E-state index >= 15 is 0 Å². The number of hydrogen-bond donors (Lipinski definition) is 0. The molecule has 3 nitrogen and oxygen atoms in total. The van der Waals surface area contributed by atoms with Gasteiger partial charge in [-0.3, -0.25) is 4.98 Å². The third-order valence-electron chi connectivity index (χ3n) is 2.32. The van der Waals surface area contributed by atoms with Crippen molar-refractivity contribution in [2.45, 2.75) is 26.2 Å². The minimum atomic E-state index is -0.308. The number of pyridine rings is 1. The normalized spacial score (nSPS) is 12.2. The molecule has 0 N–H and O–H groups in total. The predicted octanol–water partition coefficient (Wildman–Crippen LogP) is 2.38. The molecule has 0 saturated heterocycles. The SMILES string of the molecule is CCC(C)c1cc(C(=O)OC)ccn1. The van der Waals surface area contributed by atoms with Gasteiger partial charge >= 0.3 is 5.97 Å². The highest BCUT2D eigenvalue weighted by Gasteiger charge is 2.09. The monoisotopic (exact) mass is 193 g/mol. The molecule has 1 rings (SSSR count). The molecule has 0 aliphatic rings. The van der Waals surface area contributed by atoms with Crippen molar-refractivity contribution in [1.82, 2.24) is 4.98 Å². The van der Waals surface area contributed by atoms with Crippen LogP contribution in [0, 0.1) is 0 Å². The first kappa shape index (κ1) is 10.7. The predicted molar refractivity (Wildman–Crippen MR) is 54.3 cm³/mol. The fourth-order valence-corrected chi connectivity index (χ4v) is 1.17. The van der Waals surface area contributed by atoms with Gasteiger partial charge < -0.3 is 4.74 Å². The van der Waals surface area contributed by atoms with Crippen LogP contribution < -0.4 is 0 Å². The second-order valence-corrected chi connectivity index (χ2v) is 3.27. The molecule has 0 saturated carbocycles. The Balaban J connectivity index is 2.95. The minimum Gasteiger partial charge on any atom is -0.465 e. The van der Waals surface area contributed by atoms with Gasteiger partial charge in [0.05, 0.1) is 12.7 Å². The molecule has 1 heterocycles. The summed E-state index contributed by atoms with van der Waals surface area (Å²) >= 11 is 0. The summed E-state index contributed by atoms with van der Waals surface area (Å²) in [5.41, 5.74) is 1.51. The van der Waals surface area contributed by atoms with Crippen molar-refractivity contribution in [2.24, 2.45) is 0 Å². The van der Waals surface area contributed by atoms with E-state index in [0.717, 1.165) is 12.1 Å². The van der Waals surface area contributed by atoms with Crippen molar-refractivity contribution < 1.29 is 9.53 Å². The lowest BCUT2D eigenvalue weighted by molar-refractivity contribution is 0.0600. The van der Waals surface area contributed by atoms with Crippen molar-refractivity contribution in [3.05, 3.63) is 29.6 Å². The first-order valence-corrected chi connectivity index (χ1v) is 4.73. The Bertz CT molecular complexity index is 323. The van der Waals surface area contributed by atoms with Gasteiger partial charge in [0.25, 0.3) is 0 Å². The van der Waals surface area contributed by atoms with Crippen LogP contribution in [-0.4, -0.2) is 18.1 Å². The molecule has 0 aliphatic carbocycles. The van der Waals surface area contributed by atoms with E-state index in [-0.39, 0.29) is 5.97 Å². The number of nitrogens with zero attached hydrogens (tertiary/aromatic N) is 1. The highest BCUT2D eigenvalue weighted by Crippen LogP contribution is 2.17. The summed E-state index contributed by atoms with van der Waals surface area (Å²) in [6.45, 7) is 4.18. The summed E-state index contributed by atoms with van der Waals surface area (Å²) in [6.07, 6.45) is 2.66. The number of aromatic nitrogens is 1. The summed E-state index contributed by atoms with van der Waals surface area (Å²) in [5, 5.41) is 0. The van der Waals surface area contributed by atoms with E-state index in [1.54, 1.807) is 18.3 Å². The molecule has 76 valence electrons.